The summed E-state index contributed by atoms with van der Waals surface area (Å²) in [5, 5.41) is 0. The quantitative estimate of drug-likeness (QED) is 0.493. The van der Waals surface area contributed by atoms with Gasteiger partial charge in [-0.15, -0.1) is 11.8 Å². The fourth-order valence-corrected chi connectivity index (χ4v) is 3.75. The lowest BCUT2D eigenvalue weighted by atomic mass is 9.76. The Labute approximate surface area is 131 Å². The number of hydrazine groups is 1. The third-order valence-corrected chi connectivity index (χ3v) is 5.28. The lowest BCUT2D eigenvalue weighted by Crippen LogP contribution is -2.30. The Bertz CT molecular complexity index is 608. The molecular formula is C18H22N2S. The van der Waals surface area contributed by atoms with Crippen molar-refractivity contribution >= 4 is 11.8 Å². The second kappa shape index (κ2) is 6.65. The van der Waals surface area contributed by atoms with Crippen LogP contribution in [0.2, 0.25) is 0 Å². The molecule has 1 saturated carbocycles. The van der Waals surface area contributed by atoms with Crippen LogP contribution in [0.4, 0.5) is 0 Å². The van der Waals surface area contributed by atoms with Gasteiger partial charge < -0.3 is 0 Å². The predicted octanol–water partition coefficient (Wildman–Crippen LogP) is 4.23. The van der Waals surface area contributed by atoms with Crippen LogP contribution in [0.1, 0.15) is 47.9 Å². The summed E-state index contributed by atoms with van der Waals surface area (Å²) in [7, 11) is 0. The van der Waals surface area contributed by atoms with Crippen LogP contribution in [0, 0.1) is 0 Å². The minimum Gasteiger partial charge on any atom is -0.271 e. The lowest BCUT2D eigenvalue weighted by molar-refractivity contribution is 0.414. The van der Waals surface area contributed by atoms with Gasteiger partial charge in [0.25, 0.3) is 0 Å². The standard InChI is InChI=1S/C18H22N2S/c1-21-17-12-5-4-11-16(17)18(20-19)15-10-3-2-9-14(15)13-7-6-8-13/h2-5,9-13,18,20H,6-8,19H2,1H3. The van der Waals surface area contributed by atoms with Gasteiger partial charge in [-0.2, -0.15) is 0 Å². The summed E-state index contributed by atoms with van der Waals surface area (Å²) in [5.74, 6) is 6.64. The summed E-state index contributed by atoms with van der Waals surface area (Å²) < 4.78 is 0. The molecule has 3 heteroatoms. The van der Waals surface area contributed by atoms with Crippen LogP contribution in [-0.4, -0.2) is 6.26 Å². The van der Waals surface area contributed by atoms with E-state index < -0.39 is 0 Å². The minimum absolute atomic E-state index is 0.0606. The lowest BCUT2D eigenvalue weighted by Gasteiger charge is -2.31. The summed E-state index contributed by atoms with van der Waals surface area (Å²) >= 11 is 1.77. The van der Waals surface area contributed by atoms with Crippen LogP contribution in [0.25, 0.3) is 0 Å². The van der Waals surface area contributed by atoms with Crippen molar-refractivity contribution in [2.24, 2.45) is 5.84 Å². The van der Waals surface area contributed by atoms with E-state index in [-0.39, 0.29) is 6.04 Å². The first-order valence-corrected chi connectivity index (χ1v) is 8.75. The van der Waals surface area contributed by atoms with Crippen molar-refractivity contribution in [2.45, 2.75) is 36.1 Å². The molecule has 110 valence electrons. The average Bonchev–Trinajstić information content (AvgIpc) is 2.48. The number of nitrogens with one attached hydrogen (secondary N) is 1. The number of thioether (sulfide) groups is 1. The van der Waals surface area contributed by atoms with Gasteiger partial charge in [0.2, 0.25) is 0 Å². The predicted molar refractivity (Wildman–Crippen MR) is 90.4 cm³/mol. The average molecular weight is 298 g/mol. The molecule has 0 amide bonds. The van der Waals surface area contributed by atoms with E-state index in [1.807, 2.05) is 0 Å². The number of hydrogen-bond acceptors (Lipinski definition) is 3. The van der Waals surface area contributed by atoms with Gasteiger partial charge in [0, 0.05) is 4.90 Å². The molecule has 0 radical (unpaired) electrons. The number of hydrogen-bond donors (Lipinski definition) is 2. The van der Waals surface area contributed by atoms with E-state index >= 15 is 0 Å². The molecule has 21 heavy (non-hydrogen) atoms. The van der Waals surface area contributed by atoms with Crippen LogP contribution in [0.5, 0.6) is 0 Å². The van der Waals surface area contributed by atoms with Gasteiger partial charge in [0.15, 0.2) is 0 Å². The Morgan fingerprint density at radius 1 is 1.05 bits per heavy atom. The zero-order chi connectivity index (χ0) is 14.7. The molecule has 3 rings (SSSR count). The van der Waals surface area contributed by atoms with Crippen LogP contribution in [0.3, 0.4) is 0 Å². The first-order chi connectivity index (χ1) is 10.3. The zero-order valence-corrected chi connectivity index (χ0v) is 13.2. The summed E-state index contributed by atoms with van der Waals surface area (Å²) in [6, 6.07) is 17.3. The maximum absolute atomic E-state index is 5.93. The molecule has 1 aliphatic rings. The van der Waals surface area contributed by atoms with E-state index in [1.165, 1.54) is 40.8 Å². The molecular weight excluding hydrogens is 276 g/mol. The van der Waals surface area contributed by atoms with Crippen molar-refractivity contribution in [1.82, 2.24) is 5.43 Å². The van der Waals surface area contributed by atoms with Gasteiger partial charge in [-0.1, -0.05) is 48.9 Å². The maximum atomic E-state index is 5.93. The highest BCUT2D eigenvalue weighted by Gasteiger charge is 2.26. The number of rotatable bonds is 5. The van der Waals surface area contributed by atoms with E-state index in [4.69, 9.17) is 5.84 Å². The van der Waals surface area contributed by atoms with Gasteiger partial charge in [-0.3, -0.25) is 5.84 Å². The monoisotopic (exact) mass is 298 g/mol. The van der Waals surface area contributed by atoms with Crippen LogP contribution in [0.15, 0.2) is 53.4 Å². The van der Waals surface area contributed by atoms with E-state index in [0.717, 1.165) is 0 Å². The molecule has 0 spiro atoms. The van der Waals surface area contributed by atoms with Gasteiger partial charge >= 0.3 is 0 Å². The molecule has 0 bridgehead atoms. The molecule has 2 aromatic carbocycles. The first-order valence-electron chi connectivity index (χ1n) is 7.53. The molecule has 1 aliphatic carbocycles. The van der Waals surface area contributed by atoms with Crippen LogP contribution < -0.4 is 11.3 Å². The Kier molecular flexibility index (Phi) is 4.63. The van der Waals surface area contributed by atoms with Crippen LogP contribution in [-0.2, 0) is 0 Å². The maximum Gasteiger partial charge on any atom is 0.0723 e. The van der Waals surface area contributed by atoms with Crippen molar-refractivity contribution in [1.29, 1.82) is 0 Å². The Morgan fingerprint density at radius 3 is 2.33 bits per heavy atom. The molecule has 3 N–H and O–H groups in total. The van der Waals surface area contributed by atoms with Crippen molar-refractivity contribution in [3.8, 4) is 0 Å². The molecule has 0 aromatic heterocycles. The Balaban J connectivity index is 2.04. The fraction of sp³-hybridized carbons (Fsp3) is 0.333. The molecule has 0 aliphatic heterocycles. The highest BCUT2D eigenvalue weighted by molar-refractivity contribution is 7.98. The van der Waals surface area contributed by atoms with E-state index in [1.54, 1.807) is 11.8 Å². The molecule has 2 nitrogen and oxygen atoms in total. The van der Waals surface area contributed by atoms with Crippen molar-refractivity contribution < 1.29 is 0 Å². The molecule has 1 unspecified atom stereocenters. The molecule has 0 saturated heterocycles. The second-order valence-corrected chi connectivity index (χ2v) is 6.45. The summed E-state index contributed by atoms with van der Waals surface area (Å²) in [6.07, 6.45) is 6.07. The highest BCUT2D eigenvalue weighted by Crippen LogP contribution is 2.41. The van der Waals surface area contributed by atoms with Gasteiger partial charge in [-0.25, -0.2) is 5.43 Å². The smallest absolute Gasteiger partial charge is 0.0723 e. The normalized spacial score (nSPS) is 16.5. The molecule has 1 fully saturated rings. The van der Waals surface area contributed by atoms with Crippen molar-refractivity contribution in [2.75, 3.05) is 6.26 Å². The van der Waals surface area contributed by atoms with Crippen LogP contribution >= 0.6 is 11.8 Å². The van der Waals surface area contributed by atoms with E-state index in [2.05, 4.69) is 60.2 Å². The van der Waals surface area contributed by atoms with Crippen molar-refractivity contribution in [3.63, 3.8) is 0 Å². The summed E-state index contributed by atoms with van der Waals surface area (Å²) in [4.78, 5) is 1.28. The van der Waals surface area contributed by atoms with E-state index in [0.29, 0.717) is 5.92 Å². The van der Waals surface area contributed by atoms with Gasteiger partial charge in [0.1, 0.15) is 0 Å². The van der Waals surface area contributed by atoms with Gasteiger partial charge in [-0.05, 0) is 47.8 Å². The second-order valence-electron chi connectivity index (χ2n) is 5.60. The molecule has 2 aromatic rings. The Morgan fingerprint density at radius 2 is 1.71 bits per heavy atom. The van der Waals surface area contributed by atoms with E-state index in [9.17, 15) is 0 Å². The zero-order valence-electron chi connectivity index (χ0n) is 12.4. The first kappa shape index (κ1) is 14.6. The number of nitrogens with two attached hydrogens (primary N) is 1. The molecule has 0 heterocycles. The third-order valence-electron chi connectivity index (χ3n) is 4.47. The topological polar surface area (TPSA) is 38.0 Å². The minimum atomic E-state index is 0.0606. The highest BCUT2D eigenvalue weighted by atomic mass is 32.2. The summed E-state index contributed by atoms with van der Waals surface area (Å²) in [6.45, 7) is 0. The third kappa shape index (κ3) is 2.86. The number of benzene rings is 2. The Hall–Kier alpha value is -1.29. The largest absolute Gasteiger partial charge is 0.271 e. The molecule has 1 atom stereocenters. The SMILES string of the molecule is CSc1ccccc1C(NN)c1ccccc1C1CCC1. The fourth-order valence-electron chi connectivity index (χ4n) is 3.12. The van der Waals surface area contributed by atoms with Crippen molar-refractivity contribution in [3.05, 3.63) is 65.2 Å². The van der Waals surface area contributed by atoms with Gasteiger partial charge in [0.05, 0.1) is 6.04 Å². The summed E-state index contributed by atoms with van der Waals surface area (Å²) in [5.41, 5.74) is 7.09.